The minimum atomic E-state index is -0.707. The van der Waals surface area contributed by atoms with E-state index in [-0.39, 0.29) is 54.0 Å². The summed E-state index contributed by atoms with van der Waals surface area (Å²) in [7, 11) is 1.53. The number of hydrogen-bond donors (Lipinski definition) is 3. The van der Waals surface area contributed by atoms with Crippen molar-refractivity contribution in [2.75, 3.05) is 19.6 Å². The maximum absolute atomic E-state index is 13.5. The minimum Gasteiger partial charge on any atom is -0.446 e. The fraction of sp³-hybridized carbons (Fsp3) is 0.323. The number of fused-ring (bicyclic) bond motifs is 4. The summed E-state index contributed by atoms with van der Waals surface area (Å²) in [6.45, 7) is 3.49. The molecule has 0 radical (unpaired) electrons. The van der Waals surface area contributed by atoms with Gasteiger partial charge in [-0.1, -0.05) is 44.2 Å². The average Bonchev–Trinajstić information content (AvgIpc) is 3.71. The quantitative estimate of drug-likeness (QED) is 0.308. The van der Waals surface area contributed by atoms with E-state index in [1.54, 1.807) is 5.38 Å². The van der Waals surface area contributed by atoms with Gasteiger partial charge in [0.2, 0.25) is 17.4 Å². The molecule has 13 nitrogen and oxygen atoms in total. The highest BCUT2D eigenvalue weighted by Crippen LogP contribution is 2.26. The lowest BCUT2D eigenvalue weighted by atomic mass is 10.0. The number of carbonyl (C=O) groups excluding carboxylic acids is 4. The van der Waals surface area contributed by atoms with Crippen molar-refractivity contribution in [3.63, 3.8) is 0 Å². The molecule has 0 saturated heterocycles. The van der Waals surface area contributed by atoms with Crippen molar-refractivity contribution < 1.29 is 23.6 Å². The van der Waals surface area contributed by atoms with E-state index < -0.39 is 35.7 Å². The van der Waals surface area contributed by atoms with Crippen molar-refractivity contribution in [2.45, 2.75) is 32.4 Å². The van der Waals surface area contributed by atoms with Crippen molar-refractivity contribution in [1.82, 2.24) is 35.4 Å². The van der Waals surface area contributed by atoms with E-state index in [4.69, 9.17) is 4.42 Å². The molecule has 45 heavy (non-hydrogen) atoms. The Bertz CT molecular complexity index is 1760. The van der Waals surface area contributed by atoms with E-state index >= 15 is 0 Å². The Morgan fingerprint density at radius 1 is 1.02 bits per heavy atom. The van der Waals surface area contributed by atoms with Gasteiger partial charge in [-0.3, -0.25) is 24.0 Å². The number of pyridine rings is 1. The molecule has 4 heterocycles. The Kier molecular flexibility index (Phi) is 9.52. The predicted octanol–water partition coefficient (Wildman–Crippen LogP) is 2.24. The predicted molar refractivity (Wildman–Crippen MR) is 165 cm³/mol. The first kappa shape index (κ1) is 31.3. The molecule has 1 aliphatic heterocycles. The summed E-state index contributed by atoms with van der Waals surface area (Å²) in [5, 5.41) is 10.8. The second-order valence-electron chi connectivity index (χ2n) is 11.0. The van der Waals surface area contributed by atoms with Crippen LogP contribution >= 0.6 is 11.3 Å². The van der Waals surface area contributed by atoms with Crippen molar-refractivity contribution in [1.29, 1.82) is 0 Å². The first-order valence-electron chi connectivity index (χ1n) is 14.4. The van der Waals surface area contributed by atoms with Crippen LogP contribution in [0.15, 0.2) is 69.5 Å². The summed E-state index contributed by atoms with van der Waals surface area (Å²) in [6, 6.07) is 10.9. The van der Waals surface area contributed by atoms with Crippen molar-refractivity contribution in [3.05, 3.63) is 104 Å². The summed E-state index contributed by atoms with van der Waals surface area (Å²) >= 11 is 1.24. The number of amides is 4. The Labute approximate surface area is 262 Å². The summed E-state index contributed by atoms with van der Waals surface area (Å²) in [5.74, 6) is -1.92. The van der Waals surface area contributed by atoms with E-state index in [1.807, 2.05) is 44.2 Å². The number of hydrogen-bond acceptors (Lipinski definition) is 9. The van der Waals surface area contributed by atoms with Gasteiger partial charge in [-0.05, 0) is 17.5 Å². The maximum atomic E-state index is 13.5. The topological polar surface area (TPSA) is 169 Å². The second kappa shape index (κ2) is 13.7. The highest BCUT2D eigenvalue weighted by molar-refractivity contribution is 7.09. The number of oxazole rings is 1. The molecule has 0 aliphatic carbocycles. The van der Waals surface area contributed by atoms with Crippen LogP contribution in [-0.4, -0.2) is 62.7 Å². The Balaban J connectivity index is 1.47. The van der Waals surface area contributed by atoms with Gasteiger partial charge in [0.25, 0.3) is 17.7 Å². The SMILES string of the molecule is CC(C)[C@@H]1NC(=O)CN(C(=O)c2ccc(=O)n(C)c2)CCNC(=O)c2coc(n2)[C@H](Cc2ccccc2)NC(=O)c2csc1n2. The van der Waals surface area contributed by atoms with Crippen molar-refractivity contribution >= 4 is 35.0 Å². The second-order valence-corrected chi connectivity index (χ2v) is 11.9. The van der Waals surface area contributed by atoms with E-state index in [0.717, 1.165) is 5.56 Å². The number of benzene rings is 1. The number of aromatic nitrogens is 3. The number of thiazole rings is 1. The molecule has 0 fully saturated rings. The third kappa shape index (κ3) is 7.52. The highest BCUT2D eigenvalue weighted by Gasteiger charge is 2.28. The molecule has 1 aliphatic rings. The third-order valence-electron chi connectivity index (χ3n) is 7.27. The van der Waals surface area contributed by atoms with Gasteiger partial charge in [0.1, 0.15) is 23.0 Å². The summed E-state index contributed by atoms with van der Waals surface area (Å²) < 4.78 is 6.94. The molecule has 0 unspecified atom stereocenters. The standard InChI is InChI=1S/C31H33N7O6S/c1-18(2)26-30-35-23(17-45-30)28(42)33-21(13-19-7-5-4-6-8-19)29-34-22(16-44-29)27(41)32-11-12-38(15-24(39)36-26)31(43)20-9-10-25(40)37(3)14-20/h4-10,14,16-18,21,26H,11-13,15H2,1-3H3,(H,32,41)(H,33,42)(H,36,39)/t21-,26-/m0/s1. The smallest absolute Gasteiger partial charge is 0.273 e. The molecule has 4 amide bonds. The lowest BCUT2D eigenvalue weighted by Gasteiger charge is -2.25. The van der Waals surface area contributed by atoms with Gasteiger partial charge in [-0.25, -0.2) is 9.97 Å². The minimum absolute atomic E-state index is 0.000556. The molecule has 1 aromatic carbocycles. The number of nitrogens with one attached hydrogen (secondary N) is 3. The van der Waals surface area contributed by atoms with E-state index in [9.17, 15) is 24.0 Å². The van der Waals surface area contributed by atoms with Gasteiger partial charge in [-0.15, -0.1) is 11.3 Å². The van der Waals surface area contributed by atoms with Gasteiger partial charge in [0.15, 0.2) is 5.69 Å². The molecule has 3 aromatic heterocycles. The molecule has 0 saturated carbocycles. The number of nitrogens with zero attached hydrogens (tertiary/aromatic N) is 4. The molecule has 14 heteroatoms. The third-order valence-corrected chi connectivity index (χ3v) is 8.19. The zero-order valence-corrected chi connectivity index (χ0v) is 25.8. The molecule has 234 valence electrons. The van der Waals surface area contributed by atoms with Crippen LogP contribution in [0.2, 0.25) is 0 Å². The Morgan fingerprint density at radius 2 is 1.80 bits per heavy atom. The molecule has 5 rings (SSSR count). The normalized spacial score (nSPS) is 18.0. The van der Waals surface area contributed by atoms with Crippen LogP contribution in [0.25, 0.3) is 0 Å². The number of rotatable bonds is 4. The van der Waals surface area contributed by atoms with Crippen LogP contribution < -0.4 is 21.5 Å². The molecule has 4 aromatic rings. The summed E-state index contributed by atoms with van der Waals surface area (Å²) in [4.78, 5) is 75.3. The Morgan fingerprint density at radius 3 is 2.53 bits per heavy atom. The Hall–Kier alpha value is -5.11. The largest absolute Gasteiger partial charge is 0.446 e. The molecular weight excluding hydrogens is 598 g/mol. The van der Waals surface area contributed by atoms with E-state index in [2.05, 4.69) is 25.9 Å². The van der Waals surface area contributed by atoms with E-state index in [0.29, 0.717) is 11.4 Å². The van der Waals surface area contributed by atoms with Crippen LogP contribution in [0.3, 0.4) is 0 Å². The summed E-state index contributed by atoms with van der Waals surface area (Å²) in [6.07, 6.45) is 2.95. The lowest BCUT2D eigenvalue weighted by Crippen LogP contribution is -2.45. The van der Waals surface area contributed by atoms with Gasteiger partial charge < -0.3 is 29.8 Å². The lowest BCUT2D eigenvalue weighted by molar-refractivity contribution is -0.122. The zero-order valence-electron chi connectivity index (χ0n) is 25.0. The molecular formula is C31H33N7O6S. The average molecular weight is 632 g/mol. The maximum Gasteiger partial charge on any atom is 0.273 e. The monoisotopic (exact) mass is 631 g/mol. The van der Waals surface area contributed by atoms with Gasteiger partial charge in [-0.2, -0.15) is 0 Å². The number of aryl methyl sites for hydroxylation is 1. The molecule has 2 atom stereocenters. The van der Waals surface area contributed by atoms with Crippen LogP contribution in [0.4, 0.5) is 0 Å². The van der Waals surface area contributed by atoms with Crippen molar-refractivity contribution in [2.24, 2.45) is 13.0 Å². The van der Waals surface area contributed by atoms with Crippen molar-refractivity contribution in [3.8, 4) is 0 Å². The summed E-state index contributed by atoms with van der Waals surface area (Å²) in [5.41, 5.74) is 0.984. The van der Waals surface area contributed by atoms with Gasteiger partial charge in [0.05, 0.1) is 18.2 Å². The number of carbonyl (C=O) groups is 4. The van der Waals surface area contributed by atoms with Gasteiger partial charge in [0, 0.05) is 44.2 Å². The van der Waals surface area contributed by atoms with Crippen LogP contribution in [0, 0.1) is 5.92 Å². The fourth-order valence-electron chi connectivity index (χ4n) is 4.83. The fourth-order valence-corrected chi connectivity index (χ4v) is 5.85. The van der Waals surface area contributed by atoms with Crippen LogP contribution in [0.5, 0.6) is 0 Å². The highest BCUT2D eigenvalue weighted by atomic mass is 32.1. The molecule has 0 spiro atoms. The van der Waals surface area contributed by atoms with Crippen LogP contribution in [-0.2, 0) is 18.3 Å². The first-order valence-corrected chi connectivity index (χ1v) is 15.3. The van der Waals surface area contributed by atoms with Crippen LogP contribution in [0.1, 0.15) is 73.7 Å². The van der Waals surface area contributed by atoms with Gasteiger partial charge >= 0.3 is 0 Å². The van der Waals surface area contributed by atoms with E-state index in [1.165, 1.54) is 52.4 Å². The molecule has 4 bridgehead atoms. The molecule has 3 N–H and O–H groups in total. The zero-order chi connectivity index (χ0) is 32.1. The first-order chi connectivity index (χ1) is 21.6.